The molecule has 2 aromatic carbocycles. The largest absolute Gasteiger partial charge is 0.416 e. The molecule has 1 fully saturated rings. The third-order valence-electron chi connectivity index (χ3n) is 5.20. The number of anilines is 1. The van der Waals surface area contributed by atoms with Gasteiger partial charge in [-0.1, -0.05) is 29.5 Å². The van der Waals surface area contributed by atoms with Crippen LogP contribution in [0.4, 0.5) is 18.3 Å². The highest BCUT2D eigenvalue weighted by Gasteiger charge is 2.32. The molecule has 0 unspecified atom stereocenters. The fraction of sp³-hybridized carbons (Fsp3) is 0.350. The number of para-hydroxylation sites is 1. The predicted octanol–water partition coefficient (Wildman–Crippen LogP) is 4.51. The van der Waals surface area contributed by atoms with Gasteiger partial charge in [0.2, 0.25) is 10.0 Å². The van der Waals surface area contributed by atoms with Gasteiger partial charge in [-0.3, -0.25) is 0 Å². The van der Waals surface area contributed by atoms with Crippen LogP contribution >= 0.6 is 11.3 Å². The highest BCUT2D eigenvalue weighted by Crippen LogP contribution is 2.32. The summed E-state index contributed by atoms with van der Waals surface area (Å²) in [5, 5.41) is 0.958. The van der Waals surface area contributed by atoms with Gasteiger partial charge in [-0.2, -0.15) is 13.2 Å². The summed E-state index contributed by atoms with van der Waals surface area (Å²) in [7, 11) is -4.00. The van der Waals surface area contributed by atoms with Crippen molar-refractivity contribution < 1.29 is 21.6 Å². The molecule has 0 atom stereocenters. The first-order valence-corrected chi connectivity index (χ1v) is 11.8. The number of halogens is 3. The first kappa shape index (κ1) is 21.1. The summed E-state index contributed by atoms with van der Waals surface area (Å²) < 4.78 is 67.0. The molecule has 0 amide bonds. The van der Waals surface area contributed by atoms with E-state index in [0.717, 1.165) is 53.4 Å². The van der Waals surface area contributed by atoms with Gasteiger partial charge in [-0.25, -0.2) is 18.1 Å². The van der Waals surface area contributed by atoms with Gasteiger partial charge in [0.15, 0.2) is 5.13 Å². The third kappa shape index (κ3) is 4.60. The average molecular weight is 456 g/mol. The van der Waals surface area contributed by atoms with Crippen molar-refractivity contribution in [2.45, 2.75) is 23.9 Å². The Kier molecular flexibility index (Phi) is 5.73. The molecule has 160 valence electrons. The number of alkyl halides is 3. The van der Waals surface area contributed by atoms with Gasteiger partial charge in [0.25, 0.3) is 0 Å². The maximum Gasteiger partial charge on any atom is 0.416 e. The zero-order chi connectivity index (χ0) is 21.4. The van der Waals surface area contributed by atoms with E-state index in [2.05, 4.69) is 14.6 Å². The van der Waals surface area contributed by atoms with Crippen molar-refractivity contribution in [3.63, 3.8) is 0 Å². The minimum absolute atomic E-state index is 0.121. The van der Waals surface area contributed by atoms with E-state index in [1.54, 1.807) is 11.3 Å². The van der Waals surface area contributed by atoms with Crippen LogP contribution in [0, 0.1) is 5.92 Å². The minimum Gasteiger partial charge on any atom is -0.348 e. The number of aromatic nitrogens is 1. The lowest BCUT2D eigenvalue weighted by atomic mass is 9.97. The molecule has 2 heterocycles. The van der Waals surface area contributed by atoms with Crippen molar-refractivity contribution in [2.24, 2.45) is 5.92 Å². The maximum absolute atomic E-state index is 12.9. The van der Waals surface area contributed by atoms with Gasteiger partial charge < -0.3 is 4.90 Å². The van der Waals surface area contributed by atoms with Crippen LogP contribution in [-0.2, 0) is 16.2 Å². The lowest BCUT2D eigenvalue weighted by molar-refractivity contribution is -0.137. The highest BCUT2D eigenvalue weighted by molar-refractivity contribution is 7.89. The number of hydrogen-bond donors (Lipinski definition) is 1. The Labute approximate surface area is 176 Å². The molecule has 0 radical (unpaired) electrons. The van der Waals surface area contributed by atoms with E-state index in [9.17, 15) is 21.6 Å². The van der Waals surface area contributed by atoms with Crippen molar-refractivity contribution in [3.05, 3.63) is 54.1 Å². The van der Waals surface area contributed by atoms with Gasteiger partial charge in [0.05, 0.1) is 20.7 Å². The summed E-state index contributed by atoms with van der Waals surface area (Å²) in [4.78, 5) is 6.48. The summed E-state index contributed by atoms with van der Waals surface area (Å²) in [5.41, 5.74) is -0.0111. The number of fused-ring (bicyclic) bond motifs is 1. The monoisotopic (exact) mass is 455 g/mol. The second kappa shape index (κ2) is 8.16. The number of nitrogens with zero attached hydrogens (tertiary/aromatic N) is 2. The number of sulfonamides is 1. The van der Waals surface area contributed by atoms with Crippen LogP contribution in [-0.4, -0.2) is 33.0 Å². The Bertz CT molecular complexity index is 1100. The molecular weight excluding hydrogens is 435 g/mol. The zero-order valence-corrected chi connectivity index (χ0v) is 17.5. The van der Waals surface area contributed by atoms with Gasteiger partial charge in [-0.05, 0) is 49.1 Å². The van der Waals surface area contributed by atoms with E-state index < -0.39 is 21.8 Å². The normalized spacial score (nSPS) is 16.3. The summed E-state index contributed by atoms with van der Waals surface area (Å²) in [6.07, 6.45) is -3.03. The van der Waals surface area contributed by atoms with Crippen LogP contribution in [0.15, 0.2) is 53.4 Å². The smallest absolute Gasteiger partial charge is 0.348 e. The molecule has 30 heavy (non-hydrogen) atoms. The van der Waals surface area contributed by atoms with E-state index in [-0.39, 0.29) is 17.4 Å². The SMILES string of the molecule is O=S(=O)(NCC1CCN(c2nc3ccccc3s2)CC1)c1cccc(C(F)(F)F)c1. The van der Waals surface area contributed by atoms with E-state index in [0.29, 0.717) is 6.07 Å². The molecule has 5 nitrogen and oxygen atoms in total. The number of benzene rings is 2. The number of nitrogens with one attached hydrogen (secondary N) is 1. The Morgan fingerprint density at radius 3 is 2.53 bits per heavy atom. The van der Waals surface area contributed by atoms with Crippen LogP contribution < -0.4 is 9.62 Å². The summed E-state index contributed by atoms with van der Waals surface area (Å²) >= 11 is 1.63. The van der Waals surface area contributed by atoms with Crippen LogP contribution in [0.2, 0.25) is 0 Å². The van der Waals surface area contributed by atoms with Crippen LogP contribution in [0.25, 0.3) is 10.2 Å². The summed E-state index contributed by atoms with van der Waals surface area (Å²) in [6, 6.07) is 11.7. The Hall–Kier alpha value is -2.17. The van der Waals surface area contributed by atoms with Crippen molar-refractivity contribution in [2.75, 3.05) is 24.5 Å². The summed E-state index contributed by atoms with van der Waals surface area (Å²) in [6.45, 7) is 1.72. The zero-order valence-electron chi connectivity index (χ0n) is 15.9. The highest BCUT2D eigenvalue weighted by atomic mass is 32.2. The Morgan fingerprint density at radius 2 is 1.83 bits per heavy atom. The van der Waals surface area contributed by atoms with E-state index >= 15 is 0 Å². The molecule has 1 aliphatic heterocycles. The molecule has 10 heteroatoms. The van der Waals surface area contributed by atoms with Crippen molar-refractivity contribution in [1.29, 1.82) is 0 Å². The summed E-state index contributed by atoms with van der Waals surface area (Å²) in [5.74, 6) is 0.121. The average Bonchev–Trinajstić information content (AvgIpc) is 3.16. The van der Waals surface area contributed by atoms with Crippen molar-refractivity contribution in [3.8, 4) is 0 Å². The number of rotatable bonds is 5. The quantitative estimate of drug-likeness (QED) is 0.615. The molecule has 0 bridgehead atoms. The van der Waals surface area contributed by atoms with Gasteiger partial charge in [0, 0.05) is 19.6 Å². The van der Waals surface area contributed by atoms with Gasteiger partial charge in [-0.15, -0.1) is 0 Å². The standard InChI is InChI=1S/C20H20F3N3O2S2/c21-20(22,23)15-4-3-5-16(12-15)30(27,28)24-13-14-8-10-26(11-9-14)19-25-17-6-1-2-7-18(17)29-19/h1-7,12,14,24H,8-11,13H2. The molecular formula is C20H20F3N3O2S2. The Balaban J connectivity index is 1.35. The fourth-order valence-electron chi connectivity index (χ4n) is 3.47. The first-order chi connectivity index (χ1) is 14.2. The Morgan fingerprint density at radius 1 is 1.10 bits per heavy atom. The van der Waals surface area contributed by atoms with E-state index in [1.165, 1.54) is 6.07 Å². The molecule has 1 N–H and O–H groups in total. The second-order valence-corrected chi connectivity index (χ2v) is 10.0. The molecule has 1 aliphatic rings. The molecule has 1 aromatic heterocycles. The third-order valence-corrected chi connectivity index (χ3v) is 7.72. The van der Waals surface area contributed by atoms with Gasteiger partial charge >= 0.3 is 6.18 Å². The molecule has 1 saturated heterocycles. The molecule has 0 aliphatic carbocycles. The molecule has 0 spiro atoms. The number of hydrogen-bond acceptors (Lipinski definition) is 5. The lowest BCUT2D eigenvalue weighted by Gasteiger charge is -2.31. The molecule has 4 rings (SSSR count). The van der Waals surface area contributed by atoms with Crippen LogP contribution in [0.1, 0.15) is 18.4 Å². The number of piperidine rings is 1. The topological polar surface area (TPSA) is 62.3 Å². The fourth-order valence-corrected chi connectivity index (χ4v) is 5.65. The van der Waals surface area contributed by atoms with E-state index in [1.807, 2.05) is 24.3 Å². The second-order valence-electron chi connectivity index (χ2n) is 7.27. The van der Waals surface area contributed by atoms with Crippen molar-refractivity contribution >= 4 is 36.7 Å². The predicted molar refractivity (Wildman–Crippen MR) is 111 cm³/mol. The first-order valence-electron chi connectivity index (χ1n) is 9.50. The van der Waals surface area contributed by atoms with Gasteiger partial charge in [0.1, 0.15) is 0 Å². The van der Waals surface area contributed by atoms with E-state index in [4.69, 9.17) is 0 Å². The van der Waals surface area contributed by atoms with Crippen LogP contribution in [0.3, 0.4) is 0 Å². The maximum atomic E-state index is 12.9. The van der Waals surface area contributed by atoms with Crippen molar-refractivity contribution in [1.82, 2.24) is 9.71 Å². The lowest BCUT2D eigenvalue weighted by Crippen LogP contribution is -2.38. The number of thiazole rings is 1. The minimum atomic E-state index is -4.58. The van der Waals surface area contributed by atoms with Crippen LogP contribution in [0.5, 0.6) is 0 Å². The molecule has 0 saturated carbocycles. The molecule has 3 aromatic rings.